The Balaban J connectivity index is 1.75. The van der Waals surface area contributed by atoms with Gasteiger partial charge in [0.15, 0.2) is 17.8 Å². The van der Waals surface area contributed by atoms with Crippen LogP contribution in [0.2, 0.25) is 10.0 Å². The number of rotatable bonds is 7. The van der Waals surface area contributed by atoms with Gasteiger partial charge >= 0.3 is 0 Å². The summed E-state index contributed by atoms with van der Waals surface area (Å²) in [5.74, 6) is -0.180. The third-order valence-corrected chi connectivity index (χ3v) is 5.24. The van der Waals surface area contributed by atoms with E-state index in [1.807, 2.05) is 19.1 Å². The van der Waals surface area contributed by atoms with Gasteiger partial charge in [0.25, 0.3) is 11.8 Å². The van der Waals surface area contributed by atoms with Crippen molar-refractivity contribution in [3.63, 3.8) is 0 Å². The molecule has 3 N–H and O–H groups in total. The lowest BCUT2D eigenvalue weighted by Crippen LogP contribution is -2.51. The maximum atomic E-state index is 12.2. The third kappa shape index (κ3) is 8.17. The highest BCUT2D eigenvalue weighted by Crippen LogP contribution is 2.28. The van der Waals surface area contributed by atoms with E-state index in [0.29, 0.717) is 16.5 Å². The van der Waals surface area contributed by atoms with Gasteiger partial charge in [0.1, 0.15) is 11.5 Å². The molecule has 2 aromatic carbocycles. The average Bonchev–Trinajstić information content (AvgIpc) is 2.73. The Hall–Kier alpha value is -2.07. The highest BCUT2D eigenvalue weighted by Gasteiger charge is 2.18. The first-order valence-electron chi connectivity index (χ1n) is 9.12. The number of benzene rings is 2. The Morgan fingerprint density at radius 3 is 2.48 bits per heavy atom. The molecule has 0 saturated heterocycles. The molecule has 0 aliphatic heterocycles. The number of carbonyl (C=O) groups excluding carboxylic acids is 2. The molecule has 1 unspecified atom stereocenters. The molecule has 2 rings (SSSR count). The van der Waals surface area contributed by atoms with Crippen LogP contribution < -0.4 is 25.6 Å². The van der Waals surface area contributed by atoms with Crippen LogP contribution in [0.3, 0.4) is 0 Å². The molecule has 0 spiro atoms. The van der Waals surface area contributed by atoms with Gasteiger partial charge < -0.3 is 9.47 Å². The predicted molar refractivity (Wildman–Crippen MR) is 128 cm³/mol. The van der Waals surface area contributed by atoms with Gasteiger partial charge in [-0.2, -0.15) is 0 Å². The molecule has 2 amide bonds. The molecule has 0 bridgehead atoms. The fourth-order valence-electron chi connectivity index (χ4n) is 2.25. The molecular weight excluding hydrogens is 529 g/mol. The van der Waals surface area contributed by atoms with E-state index in [-0.39, 0.29) is 16.7 Å². The first kappa shape index (κ1) is 25.2. The summed E-state index contributed by atoms with van der Waals surface area (Å²) in [6.45, 7) is 3.32. The Morgan fingerprint density at radius 1 is 1.13 bits per heavy atom. The van der Waals surface area contributed by atoms with Gasteiger partial charge in [-0.1, -0.05) is 36.2 Å². The van der Waals surface area contributed by atoms with Crippen LogP contribution in [0.5, 0.6) is 11.5 Å². The van der Waals surface area contributed by atoms with Crippen molar-refractivity contribution in [2.75, 3.05) is 6.61 Å². The minimum atomic E-state index is -0.902. The maximum absolute atomic E-state index is 12.2. The second-order valence-electron chi connectivity index (χ2n) is 6.23. The molecule has 1 atom stereocenters. The monoisotopic (exact) mass is 547 g/mol. The predicted octanol–water partition coefficient (Wildman–Crippen LogP) is 4.19. The summed E-state index contributed by atoms with van der Waals surface area (Å²) in [7, 11) is 0. The summed E-state index contributed by atoms with van der Waals surface area (Å²) in [6, 6.07) is 10.3. The number of hydrazine groups is 1. The van der Waals surface area contributed by atoms with E-state index in [1.165, 1.54) is 13.0 Å². The highest BCUT2D eigenvalue weighted by atomic mass is 79.9. The van der Waals surface area contributed by atoms with Crippen LogP contribution in [0.4, 0.5) is 0 Å². The van der Waals surface area contributed by atoms with Gasteiger partial charge in [0.2, 0.25) is 0 Å². The van der Waals surface area contributed by atoms with Crippen molar-refractivity contribution in [1.29, 1.82) is 0 Å². The number of hydrogen-bond donors (Lipinski definition) is 3. The molecule has 0 saturated carbocycles. The average molecular weight is 549 g/mol. The molecule has 0 fully saturated rings. The highest BCUT2D eigenvalue weighted by molar-refractivity contribution is 9.10. The van der Waals surface area contributed by atoms with Crippen molar-refractivity contribution in [3.05, 3.63) is 56.5 Å². The number of halogens is 3. The van der Waals surface area contributed by atoms with E-state index in [1.54, 1.807) is 18.2 Å². The van der Waals surface area contributed by atoms with Crippen molar-refractivity contribution in [1.82, 2.24) is 16.2 Å². The Bertz CT molecular complexity index is 977. The van der Waals surface area contributed by atoms with Crippen molar-refractivity contribution < 1.29 is 19.1 Å². The van der Waals surface area contributed by atoms with E-state index in [0.717, 1.165) is 16.5 Å². The Kier molecular flexibility index (Phi) is 9.83. The maximum Gasteiger partial charge on any atom is 0.276 e. The summed E-state index contributed by atoms with van der Waals surface area (Å²) in [5, 5.41) is 3.02. The van der Waals surface area contributed by atoms with Crippen LogP contribution >= 0.6 is 51.3 Å². The number of nitrogens with one attached hydrogen (secondary N) is 3. The van der Waals surface area contributed by atoms with Crippen LogP contribution in [-0.2, 0) is 16.0 Å². The SMILES string of the molecule is CCc1ccc(OCC(=O)NNC(=S)NC(=O)C(C)Oc2ccc(Cl)cc2Cl)c(Br)c1. The number of aryl methyl sites for hydroxylation is 1. The van der Waals surface area contributed by atoms with E-state index < -0.39 is 17.9 Å². The number of ether oxygens (including phenoxy) is 2. The topological polar surface area (TPSA) is 88.7 Å². The van der Waals surface area contributed by atoms with E-state index in [9.17, 15) is 9.59 Å². The van der Waals surface area contributed by atoms with Crippen molar-refractivity contribution in [3.8, 4) is 11.5 Å². The lowest BCUT2D eigenvalue weighted by molar-refractivity contribution is -0.126. The Labute approximate surface area is 203 Å². The summed E-state index contributed by atoms with van der Waals surface area (Å²) in [5.41, 5.74) is 5.91. The first-order chi connectivity index (χ1) is 14.7. The molecule has 7 nitrogen and oxygen atoms in total. The Morgan fingerprint density at radius 2 is 1.84 bits per heavy atom. The molecule has 31 heavy (non-hydrogen) atoms. The second kappa shape index (κ2) is 12.1. The minimum absolute atomic E-state index is 0.107. The van der Waals surface area contributed by atoms with Gasteiger partial charge in [-0.25, -0.2) is 0 Å². The van der Waals surface area contributed by atoms with E-state index in [2.05, 4.69) is 32.1 Å². The largest absolute Gasteiger partial charge is 0.483 e. The van der Waals surface area contributed by atoms with E-state index in [4.69, 9.17) is 44.9 Å². The van der Waals surface area contributed by atoms with Crippen molar-refractivity contribution in [2.24, 2.45) is 0 Å². The van der Waals surface area contributed by atoms with Crippen LogP contribution in [0.25, 0.3) is 0 Å². The molecule has 0 aliphatic carbocycles. The van der Waals surface area contributed by atoms with Crippen molar-refractivity contribution in [2.45, 2.75) is 26.4 Å². The normalized spacial score (nSPS) is 11.3. The summed E-state index contributed by atoms with van der Waals surface area (Å²) in [6.07, 6.45) is -0.0102. The minimum Gasteiger partial charge on any atom is -0.483 e. The third-order valence-electron chi connectivity index (χ3n) is 3.88. The number of thiocarbonyl (C=S) groups is 1. The second-order valence-corrected chi connectivity index (χ2v) is 8.34. The smallest absolute Gasteiger partial charge is 0.276 e. The van der Waals surface area contributed by atoms with Gasteiger partial charge in [-0.05, 0) is 77.4 Å². The van der Waals surface area contributed by atoms with Gasteiger partial charge in [0, 0.05) is 5.02 Å². The van der Waals surface area contributed by atoms with Gasteiger partial charge in [0.05, 0.1) is 9.50 Å². The summed E-state index contributed by atoms with van der Waals surface area (Å²) in [4.78, 5) is 24.2. The number of carbonyl (C=O) groups is 2. The molecule has 0 heterocycles. The summed E-state index contributed by atoms with van der Waals surface area (Å²) >= 11 is 20.3. The fourth-order valence-corrected chi connectivity index (χ4v) is 3.39. The lowest BCUT2D eigenvalue weighted by atomic mass is 10.2. The summed E-state index contributed by atoms with van der Waals surface area (Å²) < 4.78 is 11.7. The molecule has 2 aromatic rings. The van der Waals surface area contributed by atoms with Crippen LogP contribution in [0.1, 0.15) is 19.4 Å². The quantitative estimate of drug-likeness (QED) is 0.355. The molecule has 11 heteroatoms. The van der Waals surface area contributed by atoms with Crippen LogP contribution in [-0.4, -0.2) is 29.6 Å². The zero-order chi connectivity index (χ0) is 23.0. The molecule has 0 aliphatic rings. The first-order valence-corrected chi connectivity index (χ1v) is 11.1. The van der Waals surface area contributed by atoms with E-state index >= 15 is 0 Å². The number of hydrogen-bond acceptors (Lipinski definition) is 5. The molecular formula is C20H20BrCl2N3O4S. The van der Waals surface area contributed by atoms with Crippen LogP contribution in [0.15, 0.2) is 40.9 Å². The standard InChI is InChI=1S/C20H20BrCl2N3O4S/c1-3-12-4-6-16(14(21)8-12)29-10-18(27)25-26-20(31)24-19(28)11(2)30-17-7-5-13(22)9-15(17)23/h4-9,11H,3,10H2,1-2H3,(H,25,27)(H2,24,26,28,31). The van der Waals surface area contributed by atoms with Gasteiger partial charge in [-0.15, -0.1) is 0 Å². The van der Waals surface area contributed by atoms with Crippen molar-refractivity contribution >= 4 is 68.3 Å². The zero-order valence-electron chi connectivity index (χ0n) is 16.6. The zero-order valence-corrected chi connectivity index (χ0v) is 20.5. The van der Waals surface area contributed by atoms with Crippen LogP contribution in [0, 0.1) is 0 Å². The number of amides is 2. The molecule has 0 radical (unpaired) electrons. The van der Waals surface area contributed by atoms with Gasteiger partial charge in [-0.3, -0.25) is 25.8 Å². The lowest BCUT2D eigenvalue weighted by Gasteiger charge is -2.17. The fraction of sp³-hybridized carbons (Fsp3) is 0.250. The molecule has 166 valence electrons. The molecule has 0 aromatic heterocycles.